The molecule has 1 saturated carbocycles. The van der Waals surface area contributed by atoms with E-state index in [1.54, 1.807) is 0 Å². The lowest BCUT2D eigenvalue weighted by Crippen LogP contribution is -2.40. The van der Waals surface area contributed by atoms with Crippen molar-refractivity contribution in [3.63, 3.8) is 0 Å². The fraction of sp³-hybridized carbons (Fsp3) is 0.720. The number of Topliss-reactive ketones (excluding diaryl/α,β-unsaturated/α-hetero) is 1. The van der Waals surface area contributed by atoms with Gasteiger partial charge in [0.1, 0.15) is 0 Å². The molecular weight excluding hydrogens is 316 g/mol. The van der Waals surface area contributed by atoms with Crippen LogP contribution >= 0.6 is 0 Å². The van der Waals surface area contributed by atoms with Crippen molar-refractivity contribution in [2.45, 2.75) is 86.5 Å². The van der Waals surface area contributed by atoms with Gasteiger partial charge in [0, 0.05) is 16.6 Å². The van der Waals surface area contributed by atoms with E-state index in [-0.39, 0.29) is 22.0 Å². The minimum atomic E-state index is -0.104. The Morgan fingerprint density at radius 2 is 1.42 bits per heavy atom. The molecule has 144 valence electrons. The molecule has 0 saturated heterocycles. The third-order valence-electron chi connectivity index (χ3n) is 6.80. The van der Waals surface area contributed by atoms with Crippen LogP contribution in [0.15, 0.2) is 35.5 Å². The highest BCUT2D eigenvalue weighted by atomic mass is 16.1. The van der Waals surface area contributed by atoms with E-state index in [1.165, 1.54) is 32.1 Å². The van der Waals surface area contributed by atoms with Crippen LogP contribution < -0.4 is 0 Å². The summed E-state index contributed by atoms with van der Waals surface area (Å²) >= 11 is 0. The first-order valence-electron chi connectivity index (χ1n) is 10.7. The minimum Gasteiger partial charge on any atom is -0.289 e. The first-order valence-corrected chi connectivity index (χ1v) is 10.7. The highest BCUT2D eigenvalue weighted by molar-refractivity contribution is 6.11. The first-order chi connectivity index (χ1) is 12.0. The lowest BCUT2D eigenvalue weighted by atomic mass is 9.56. The van der Waals surface area contributed by atoms with E-state index < -0.39 is 0 Å². The molecule has 3 aliphatic rings. The molecule has 1 atom stereocenters. The molecule has 0 aromatic carbocycles. The molecule has 3 rings (SSSR count). The van der Waals surface area contributed by atoms with Crippen LogP contribution in [-0.2, 0) is 4.79 Å². The van der Waals surface area contributed by atoms with Crippen LogP contribution in [-0.4, -0.2) is 5.78 Å². The highest BCUT2D eigenvalue weighted by Crippen LogP contribution is 2.53. The molecule has 1 fully saturated rings. The molecule has 0 N–H and O–H groups in total. The molecule has 0 heterocycles. The zero-order valence-electron chi connectivity index (χ0n) is 17.8. The lowest BCUT2D eigenvalue weighted by Gasteiger charge is -2.47. The van der Waals surface area contributed by atoms with E-state index in [9.17, 15) is 4.79 Å². The lowest BCUT2D eigenvalue weighted by molar-refractivity contribution is -0.114. The molecule has 1 nitrogen and oxygen atoms in total. The summed E-state index contributed by atoms with van der Waals surface area (Å²) in [5.74, 6) is 1.61. The van der Waals surface area contributed by atoms with Gasteiger partial charge in [0.15, 0.2) is 5.78 Å². The van der Waals surface area contributed by atoms with Gasteiger partial charge in [-0.1, -0.05) is 85.1 Å². The third kappa shape index (κ3) is 3.64. The van der Waals surface area contributed by atoms with Gasteiger partial charge in [-0.25, -0.2) is 0 Å². The fourth-order valence-electron chi connectivity index (χ4n) is 5.32. The van der Waals surface area contributed by atoms with Gasteiger partial charge in [0.05, 0.1) is 0 Å². The maximum Gasteiger partial charge on any atom is 0.185 e. The van der Waals surface area contributed by atoms with Crippen molar-refractivity contribution in [3.8, 4) is 0 Å². The van der Waals surface area contributed by atoms with E-state index in [0.717, 1.165) is 29.9 Å². The molecule has 3 aliphatic carbocycles. The van der Waals surface area contributed by atoms with Crippen molar-refractivity contribution in [2.24, 2.45) is 28.1 Å². The summed E-state index contributed by atoms with van der Waals surface area (Å²) in [6.07, 6.45) is 18.8. The van der Waals surface area contributed by atoms with E-state index in [1.807, 2.05) is 0 Å². The Bertz CT molecular complexity index is 605. The second-order valence-electron chi connectivity index (χ2n) is 10.9. The van der Waals surface area contributed by atoms with Gasteiger partial charge in [-0.3, -0.25) is 4.79 Å². The van der Waals surface area contributed by atoms with Crippen LogP contribution in [0.3, 0.4) is 0 Å². The Labute approximate surface area is 161 Å². The summed E-state index contributed by atoms with van der Waals surface area (Å²) < 4.78 is 0. The van der Waals surface area contributed by atoms with Gasteiger partial charge in [-0.15, -0.1) is 0 Å². The largest absolute Gasteiger partial charge is 0.289 e. The summed E-state index contributed by atoms with van der Waals surface area (Å²) in [6, 6.07) is 0. The summed E-state index contributed by atoms with van der Waals surface area (Å²) in [5, 5.41) is 0. The number of carbonyl (C=O) groups is 1. The molecule has 0 amide bonds. The predicted molar refractivity (Wildman–Crippen MR) is 111 cm³/mol. The number of hydrogen-bond donors (Lipinski definition) is 0. The average Bonchev–Trinajstić information content (AvgIpc) is 2.56. The van der Waals surface area contributed by atoms with Crippen LogP contribution in [0.1, 0.15) is 86.5 Å². The maximum absolute atomic E-state index is 13.4. The van der Waals surface area contributed by atoms with Crippen molar-refractivity contribution >= 4 is 5.78 Å². The smallest absolute Gasteiger partial charge is 0.185 e. The molecule has 0 bridgehead atoms. The zero-order valence-corrected chi connectivity index (χ0v) is 17.8. The number of rotatable bonds is 1. The predicted octanol–water partition coefficient (Wildman–Crippen LogP) is 7.05. The molecule has 0 aliphatic heterocycles. The molecule has 26 heavy (non-hydrogen) atoms. The first kappa shape index (κ1) is 19.6. The summed E-state index contributed by atoms with van der Waals surface area (Å²) in [5.41, 5.74) is 1.91. The molecule has 1 unspecified atom stereocenters. The van der Waals surface area contributed by atoms with E-state index in [4.69, 9.17) is 0 Å². The monoisotopic (exact) mass is 354 g/mol. The topological polar surface area (TPSA) is 17.1 Å². The second kappa shape index (κ2) is 6.80. The van der Waals surface area contributed by atoms with E-state index >= 15 is 0 Å². The molecule has 0 radical (unpaired) electrons. The van der Waals surface area contributed by atoms with Gasteiger partial charge >= 0.3 is 0 Å². The Kier molecular flexibility index (Phi) is 5.14. The maximum atomic E-state index is 13.4. The standard InChI is InChI=1S/C25H38O/c1-23(2,3)20-16-25(17-21(22(20)26)24(4,5)6)15-11-10-14-19(25)18-12-8-7-9-13-18/h10,14,16-19H,7-9,11-13,15H2,1-6H3. The van der Waals surface area contributed by atoms with Crippen LogP contribution in [0.5, 0.6) is 0 Å². The zero-order chi connectivity index (χ0) is 19.2. The van der Waals surface area contributed by atoms with Gasteiger partial charge in [-0.05, 0) is 48.3 Å². The van der Waals surface area contributed by atoms with Crippen LogP contribution in [0.2, 0.25) is 0 Å². The van der Waals surface area contributed by atoms with Crippen molar-refractivity contribution < 1.29 is 4.79 Å². The highest BCUT2D eigenvalue weighted by Gasteiger charge is 2.46. The normalized spacial score (nSPS) is 27.5. The molecule has 0 aromatic rings. The second-order valence-corrected chi connectivity index (χ2v) is 10.9. The molecule has 1 spiro atoms. The van der Waals surface area contributed by atoms with Gasteiger partial charge in [0.2, 0.25) is 0 Å². The van der Waals surface area contributed by atoms with Crippen LogP contribution in [0.4, 0.5) is 0 Å². The fourth-order valence-corrected chi connectivity index (χ4v) is 5.32. The number of ketones is 1. The SMILES string of the molecule is CC(C)(C)C1=CC2(C=C(C(C)(C)C)C1=O)CCC=CC2C1CCCCC1. The molecular formula is C25H38O. The Balaban J connectivity index is 2.13. The van der Waals surface area contributed by atoms with E-state index in [0.29, 0.717) is 5.92 Å². The van der Waals surface area contributed by atoms with Gasteiger partial charge < -0.3 is 0 Å². The number of carbonyl (C=O) groups excluding carboxylic acids is 1. The van der Waals surface area contributed by atoms with Crippen LogP contribution in [0, 0.1) is 28.1 Å². The van der Waals surface area contributed by atoms with Crippen molar-refractivity contribution in [3.05, 3.63) is 35.5 Å². The van der Waals surface area contributed by atoms with Gasteiger partial charge in [-0.2, -0.15) is 0 Å². The van der Waals surface area contributed by atoms with Crippen LogP contribution in [0.25, 0.3) is 0 Å². The number of hydrogen-bond acceptors (Lipinski definition) is 1. The molecule has 0 aromatic heterocycles. The quantitative estimate of drug-likeness (QED) is 0.461. The Morgan fingerprint density at radius 1 is 0.885 bits per heavy atom. The van der Waals surface area contributed by atoms with Gasteiger partial charge in [0.25, 0.3) is 0 Å². The average molecular weight is 355 g/mol. The van der Waals surface area contributed by atoms with E-state index in [2.05, 4.69) is 65.8 Å². The minimum absolute atomic E-state index is 0.0376. The summed E-state index contributed by atoms with van der Waals surface area (Å²) in [4.78, 5) is 13.4. The third-order valence-corrected chi connectivity index (χ3v) is 6.80. The number of allylic oxidation sites excluding steroid dienone is 6. The Hall–Kier alpha value is -1.11. The van der Waals surface area contributed by atoms with Crippen molar-refractivity contribution in [1.82, 2.24) is 0 Å². The van der Waals surface area contributed by atoms with Crippen molar-refractivity contribution in [1.29, 1.82) is 0 Å². The Morgan fingerprint density at radius 3 is 1.92 bits per heavy atom. The van der Waals surface area contributed by atoms with Crippen molar-refractivity contribution in [2.75, 3.05) is 0 Å². The summed E-state index contributed by atoms with van der Waals surface area (Å²) in [7, 11) is 0. The molecule has 1 heteroatoms. The summed E-state index contributed by atoms with van der Waals surface area (Å²) in [6.45, 7) is 13.2.